The number of aromatic nitrogens is 2. The summed E-state index contributed by atoms with van der Waals surface area (Å²) in [6.07, 6.45) is 0. The molecule has 25 heavy (non-hydrogen) atoms. The van der Waals surface area contributed by atoms with Crippen LogP contribution < -0.4 is 0 Å². The van der Waals surface area contributed by atoms with E-state index in [1.54, 1.807) is 12.1 Å². The lowest BCUT2D eigenvalue weighted by Gasteiger charge is -2.33. The average molecular weight is 365 g/mol. The maximum absolute atomic E-state index is 11.5. The van der Waals surface area contributed by atoms with Gasteiger partial charge in [0.05, 0.1) is 19.7 Å². The van der Waals surface area contributed by atoms with Crippen LogP contribution in [0.25, 0.3) is 11.4 Å². The third kappa shape index (κ3) is 5.01. The van der Waals surface area contributed by atoms with Crippen molar-refractivity contribution < 1.29 is 14.1 Å². The number of ether oxygens (including phenoxy) is 1. The van der Waals surface area contributed by atoms with Crippen LogP contribution in [0.3, 0.4) is 0 Å². The van der Waals surface area contributed by atoms with Crippen LogP contribution >= 0.6 is 11.6 Å². The van der Waals surface area contributed by atoms with E-state index >= 15 is 0 Å². The zero-order chi connectivity index (χ0) is 17.6. The molecule has 0 amide bonds. The number of benzene rings is 1. The minimum Gasteiger partial charge on any atom is -0.465 e. The minimum absolute atomic E-state index is 0.166. The van der Waals surface area contributed by atoms with Crippen molar-refractivity contribution in [2.75, 3.05) is 39.3 Å². The lowest BCUT2D eigenvalue weighted by Crippen LogP contribution is -2.47. The van der Waals surface area contributed by atoms with Gasteiger partial charge < -0.3 is 9.26 Å². The molecule has 0 radical (unpaired) electrons. The summed E-state index contributed by atoms with van der Waals surface area (Å²) in [6.45, 7) is 6.52. The first-order valence-electron chi connectivity index (χ1n) is 8.33. The van der Waals surface area contributed by atoms with Crippen molar-refractivity contribution in [2.24, 2.45) is 0 Å². The highest BCUT2D eigenvalue weighted by atomic mass is 35.5. The number of nitrogens with zero attached hydrogens (tertiary/aromatic N) is 4. The van der Waals surface area contributed by atoms with E-state index in [1.165, 1.54) is 0 Å². The highest BCUT2D eigenvalue weighted by Crippen LogP contribution is 2.19. The Morgan fingerprint density at radius 3 is 2.56 bits per heavy atom. The molecule has 7 nitrogen and oxygen atoms in total. The Morgan fingerprint density at radius 2 is 1.88 bits per heavy atom. The normalized spacial score (nSPS) is 16.1. The molecule has 1 aromatic heterocycles. The average Bonchev–Trinajstić information content (AvgIpc) is 3.06. The summed E-state index contributed by atoms with van der Waals surface area (Å²) < 4.78 is 10.3. The van der Waals surface area contributed by atoms with Crippen molar-refractivity contribution in [3.63, 3.8) is 0 Å². The highest BCUT2D eigenvalue weighted by Gasteiger charge is 2.21. The summed E-state index contributed by atoms with van der Waals surface area (Å²) in [5, 5.41) is 4.70. The van der Waals surface area contributed by atoms with Gasteiger partial charge in [0.25, 0.3) is 0 Å². The van der Waals surface area contributed by atoms with Crippen LogP contribution in [-0.4, -0.2) is 65.2 Å². The summed E-state index contributed by atoms with van der Waals surface area (Å²) >= 11 is 5.89. The topological polar surface area (TPSA) is 71.7 Å². The van der Waals surface area contributed by atoms with Gasteiger partial charge in [-0.05, 0) is 31.2 Å². The molecular formula is C17H21ClN4O3. The summed E-state index contributed by atoms with van der Waals surface area (Å²) in [5.74, 6) is 0.983. The molecule has 1 aromatic carbocycles. The number of hydrogen-bond acceptors (Lipinski definition) is 7. The number of esters is 1. The molecule has 8 heteroatoms. The molecule has 1 saturated heterocycles. The standard InChI is InChI=1S/C17H21ClN4O3/c1-2-24-16(23)12-22-9-7-21(8-10-22)11-15-19-17(20-25-15)13-3-5-14(18)6-4-13/h3-6H,2,7-12H2,1H3. The highest BCUT2D eigenvalue weighted by molar-refractivity contribution is 6.30. The third-order valence-corrected chi connectivity index (χ3v) is 4.30. The van der Waals surface area contributed by atoms with E-state index in [9.17, 15) is 4.79 Å². The Hall–Kier alpha value is -1.96. The number of piperazine rings is 1. The molecule has 0 N–H and O–H groups in total. The number of carbonyl (C=O) groups is 1. The van der Waals surface area contributed by atoms with E-state index in [0.717, 1.165) is 31.7 Å². The quantitative estimate of drug-likeness (QED) is 0.726. The van der Waals surface area contributed by atoms with Crippen LogP contribution in [0.5, 0.6) is 0 Å². The molecule has 0 saturated carbocycles. The van der Waals surface area contributed by atoms with Gasteiger partial charge in [0.2, 0.25) is 11.7 Å². The number of carbonyl (C=O) groups excluding carboxylic acids is 1. The maximum Gasteiger partial charge on any atom is 0.320 e. The predicted molar refractivity (Wildman–Crippen MR) is 93.1 cm³/mol. The van der Waals surface area contributed by atoms with Crippen molar-refractivity contribution in [2.45, 2.75) is 13.5 Å². The van der Waals surface area contributed by atoms with Crippen molar-refractivity contribution >= 4 is 17.6 Å². The van der Waals surface area contributed by atoms with E-state index in [0.29, 0.717) is 36.4 Å². The fourth-order valence-corrected chi connectivity index (χ4v) is 2.85. The first kappa shape index (κ1) is 17.8. The van der Waals surface area contributed by atoms with Crippen LogP contribution in [0.4, 0.5) is 0 Å². The molecule has 3 rings (SSSR count). The Morgan fingerprint density at radius 1 is 1.20 bits per heavy atom. The lowest BCUT2D eigenvalue weighted by molar-refractivity contribution is -0.144. The van der Waals surface area contributed by atoms with E-state index in [-0.39, 0.29) is 5.97 Å². The van der Waals surface area contributed by atoms with E-state index in [1.807, 2.05) is 19.1 Å². The van der Waals surface area contributed by atoms with Crippen molar-refractivity contribution in [1.82, 2.24) is 19.9 Å². The number of hydrogen-bond donors (Lipinski definition) is 0. The monoisotopic (exact) mass is 364 g/mol. The van der Waals surface area contributed by atoms with Crippen molar-refractivity contribution in [1.29, 1.82) is 0 Å². The molecule has 0 atom stereocenters. The Bertz CT molecular complexity index is 696. The first-order chi connectivity index (χ1) is 12.1. The van der Waals surface area contributed by atoms with Crippen LogP contribution in [0.15, 0.2) is 28.8 Å². The van der Waals surface area contributed by atoms with Crippen LogP contribution in [0.1, 0.15) is 12.8 Å². The molecule has 0 aliphatic carbocycles. The molecule has 1 fully saturated rings. The Labute approximate surface area is 151 Å². The summed E-state index contributed by atoms with van der Waals surface area (Å²) in [4.78, 5) is 20.3. The van der Waals surface area contributed by atoms with Crippen molar-refractivity contribution in [3.05, 3.63) is 35.2 Å². The van der Waals surface area contributed by atoms with Crippen LogP contribution in [0, 0.1) is 0 Å². The van der Waals surface area contributed by atoms with Gasteiger partial charge in [-0.2, -0.15) is 4.98 Å². The van der Waals surface area contributed by atoms with Gasteiger partial charge >= 0.3 is 5.97 Å². The van der Waals surface area contributed by atoms with Gasteiger partial charge in [0, 0.05) is 36.8 Å². The Balaban J connectivity index is 1.49. The third-order valence-electron chi connectivity index (χ3n) is 4.05. The lowest BCUT2D eigenvalue weighted by atomic mass is 10.2. The summed E-state index contributed by atoms with van der Waals surface area (Å²) in [6, 6.07) is 7.33. The smallest absolute Gasteiger partial charge is 0.320 e. The van der Waals surface area contributed by atoms with Gasteiger partial charge in [-0.1, -0.05) is 16.8 Å². The fraction of sp³-hybridized carbons (Fsp3) is 0.471. The van der Waals surface area contributed by atoms with Gasteiger partial charge in [-0.25, -0.2) is 0 Å². The van der Waals surface area contributed by atoms with E-state index in [2.05, 4.69) is 19.9 Å². The zero-order valence-electron chi connectivity index (χ0n) is 14.2. The molecule has 2 aromatic rings. The van der Waals surface area contributed by atoms with Crippen molar-refractivity contribution in [3.8, 4) is 11.4 Å². The number of halogens is 1. The molecule has 0 bridgehead atoms. The zero-order valence-corrected chi connectivity index (χ0v) is 14.9. The van der Waals surface area contributed by atoms with Gasteiger partial charge in [-0.3, -0.25) is 14.6 Å². The second-order valence-corrected chi connectivity index (χ2v) is 6.31. The van der Waals surface area contributed by atoms with E-state index < -0.39 is 0 Å². The van der Waals surface area contributed by atoms with Gasteiger partial charge in [0.15, 0.2) is 0 Å². The predicted octanol–water partition coefficient (Wildman–Crippen LogP) is 2.07. The fourth-order valence-electron chi connectivity index (χ4n) is 2.72. The first-order valence-corrected chi connectivity index (χ1v) is 8.70. The van der Waals surface area contributed by atoms with E-state index in [4.69, 9.17) is 20.9 Å². The molecule has 0 unspecified atom stereocenters. The maximum atomic E-state index is 11.5. The van der Waals surface area contributed by atoms with Gasteiger partial charge in [0.1, 0.15) is 0 Å². The number of rotatable bonds is 6. The molecule has 1 aliphatic rings. The minimum atomic E-state index is -0.166. The van der Waals surface area contributed by atoms with Crippen LogP contribution in [0.2, 0.25) is 5.02 Å². The molecule has 2 heterocycles. The molecule has 1 aliphatic heterocycles. The summed E-state index contributed by atoms with van der Waals surface area (Å²) in [7, 11) is 0. The second-order valence-electron chi connectivity index (χ2n) is 5.88. The van der Waals surface area contributed by atoms with Gasteiger partial charge in [-0.15, -0.1) is 0 Å². The molecule has 134 valence electrons. The Kier molecular flexibility index (Phi) is 6.01. The second kappa shape index (κ2) is 8.42. The molecular weight excluding hydrogens is 344 g/mol. The largest absolute Gasteiger partial charge is 0.465 e. The molecule has 0 spiro atoms. The SMILES string of the molecule is CCOC(=O)CN1CCN(Cc2nc(-c3ccc(Cl)cc3)no2)CC1. The van der Waals surface area contributed by atoms with Crippen LogP contribution in [-0.2, 0) is 16.1 Å². The summed E-state index contributed by atoms with van der Waals surface area (Å²) in [5.41, 5.74) is 0.874.